The Morgan fingerprint density at radius 3 is 1.40 bits per heavy atom. The van der Waals surface area contributed by atoms with Gasteiger partial charge < -0.3 is 19.6 Å². The molecule has 4 aliphatic rings. The third kappa shape index (κ3) is 1.63. The standard InChI is InChI=1S/C24H26N4O2/c1-25-17-11-7-5-9-15(17)23(13-19(29)27(3)21(23)25)24-14-20(30)28(4)22(24)26(2)18-12-8-6-10-16(18)24/h5-12,21-22H,13-14H2,1-4H3/t21-,22-,23+,24+/m1/s1. The third-order valence-electron chi connectivity index (χ3n) is 8.32. The SMILES string of the molecule is CN1C(=O)C[C@]2([C@]34CC(=O)N(C)[C@H]3N(C)c3ccccc34)c3ccccc3N(C)[C@H]12. The maximum atomic E-state index is 13.2. The molecular formula is C24H26N4O2. The third-order valence-corrected chi connectivity index (χ3v) is 8.32. The van der Waals surface area contributed by atoms with Gasteiger partial charge in [0.25, 0.3) is 0 Å². The molecule has 2 aromatic carbocycles. The van der Waals surface area contributed by atoms with Crippen molar-refractivity contribution in [3.8, 4) is 0 Å². The minimum Gasteiger partial charge on any atom is -0.353 e. The van der Waals surface area contributed by atoms with Crippen molar-refractivity contribution in [2.75, 3.05) is 38.0 Å². The molecule has 154 valence electrons. The van der Waals surface area contributed by atoms with Gasteiger partial charge >= 0.3 is 0 Å². The molecule has 0 saturated carbocycles. The summed E-state index contributed by atoms with van der Waals surface area (Å²) in [6.45, 7) is 0. The first kappa shape index (κ1) is 17.8. The molecule has 4 aliphatic heterocycles. The maximum absolute atomic E-state index is 13.2. The van der Waals surface area contributed by atoms with Crippen LogP contribution in [-0.4, -0.2) is 62.1 Å². The fraction of sp³-hybridized carbons (Fsp3) is 0.417. The first-order valence-corrected chi connectivity index (χ1v) is 10.5. The van der Waals surface area contributed by atoms with Gasteiger partial charge in [-0.3, -0.25) is 9.59 Å². The number of hydrogen-bond acceptors (Lipinski definition) is 4. The van der Waals surface area contributed by atoms with Crippen molar-refractivity contribution < 1.29 is 9.59 Å². The van der Waals surface area contributed by atoms with Crippen molar-refractivity contribution in [3.05, 3.63) is 59.7 Å². The highest BCUT2D eigenvalue weighted by Gasteiger charge is 2.76. The zero-order chi connectivity index (χ0) is 21.0. The van der Waals surface area contributed by atoms with E-state index in [1.54, 1.807) is 0 Å². The number of carbonyl (C=O) groups excluding carboxylic acids is 2. The number of hydrogen-bond donors (Lipinski definition) is 0. The number of likely N-dealkylation sites (N-methyl/N-ethyl adjacent to an activating group) is 4. The Kier molecular flexibility index (Phi) is 3.18. The average molecular weight is 402 g/mol. The molecule has 4 heterocycles. The molecule has 0 aromatic heterocycles. The quantitative estimate of drug-likeness (QED) is 0.733. The molecule has 6 rings (SSSR count). The molecule has 6 nitrogen and oxygen atoms in total. The number of likely N-dealkylation sites (tertiary alicyclic amines) is 2. The van der Waals surface area contributed by atoms with Gasteiger partial charge in [0.15, 0.2) is 0 Å². The van der Waals surface area contributed by atoms with Crippen molar-refractivity contribution in [1.29, 1.82) is 0 Å². The van der Waals surface area contributed by atoms with Crippen LogP contribution in [0.3, 0.4) is 0 Å². The van der Waals surface area contributed by atoms with Gasteiger partial charge in [0.2, 0.25) is 11.8 Å². The Labute approximate surface area is 176 Å². The van der Waals surface area contributed by atoms with Crippen LogP contribution in [0, 0.1) is 0 Å². The van der Waals surface area contributed by atoms with Gasteiger partial charge in [0, 0.05) is 52.4 Å². The Morgan fingerprint density at radius 2 is 1.00 bits per heavy atom. The van der Waals surface area contributed by atoms with Gasteiger partial charge in [-0.1, -0.05) is 36.4 Å². The molecule has 2 amide bonds. The van der Waals surface area contributed by atoms with Crippen molar-refractivity contribution in [2.24, 2.45) is 0 Å². The first-order chi connectivity index (χ1) is 14.4. The summed E-state index contributed by atoms with van der Waals surface area (Å²) in [7, 11) is 7.98. The molecule has 2 aromatic rings. The van der Waals surface area contributed by atoms with Gasteiger partial charge in [0.1, 0.15) is 12.3 Å². The van der Waals surface area contributed by atoms with E-state index in [2.05, 4.69) is 72.4 Å². The zero-order valence-electron chi connectivity index (χ0n) is 17.8. The van der Waals surface area contributed by atoms with Gasteiger partial charge in [-0.15, -0.1) is 0 Å². The lowest BCUT2D eigenvalue weighted by Crippen LogP contribution is -2.62. The molecule has 4 atom stereocenters. The summed E-state index contributed by atoms with van der Waals surface area (Å²) in [6.07, 6.45) is 0.581. The minimum absolute atomic E-state index is 0.122. The summed E-state index contributed by atoms with van der Waals surface area (Å²) < 4.78 is 0. The second-order valence-electron chi connectivity index (χ2n) is 9.31. The van der Waals surface area contributed by atoms with Crippen LogP contribution in [-0.2, 0) is 20.4 Å². The number of anilines is 2. The van der Waals surface area contributed by atoms with Crippen LogP contribution < -0.4 is 9.80 Å². The second kappa shape index (κ2) is 5.36. The van der Waals surface area contributed by atoms with Gasteiger partial charge in [0.05, 0.1) is 10.8 Å². The van der Waals surface area contributed by atoms with Crippen LogP contribution in [0.4, 0.5) is 11.4 Å². The Hall–Kier alpha value is -3.02. The number of para-hydroxylation sites is 2. The monoisotopic (exact) mass is 402 g/mol. The molecule has 30 heavy (non-hydrogen) atoms. The van der Waals surface area contributed by atoms with Crippen molar-refractivity contribution >= 4 is 23.2 Å². The van der Waals surface area contributed by atoms with Crippen LogP contribution >= 0.6 is 0 Å². The Bertz CT molecular complexity index is 1030. The number of rotatable bonds is 1. The van der Waals surface area contributed by atoms with Crippen molar-refractivity contribution in [2.45, 2.75) is 36.0 Å². The molecule has 0 bridgehead atoms. The molecule has 0 spiro atoms. The Balaban J connectivity index is 1.74. The van der Waals surface area contributed by atoms with E-state index < -0.39 is 10.8 Å². The summed E-state index contributed by atoms with van der Waals surface area (Å²) in [5.74, 6) is 0.284. The highest BCUT2D eigenvalue weighted by molar-refractivity contribution is 5.92. The van der Waals surface area contributed by atoms with E-state index in [-0.39, 0.29) is 24.1 Å². The number of fused-ring (bicyclic) bond motifs is 7. The average Bonchev–Trinajstić information content (AvgIpc) is 3.36. The van der Waals surface area contributed by atoms with Crippen LogP contribution in [0.25, 0.3) is 0 Å². The van der Waals surface area contributed by atoms with E-state index in [1.807, 2.05) is 23.9 Å². The predicted octanol–water partition coefficient (Wildman–Crippen LogP) is 2.14. The van der Waals surface area contributed by atoms with Crippen molar-refractivity contribution in [1.82, 2.24) is 9.80 Å². The second-order valence-corrected chi connectivity index (χ2v) is 9.31. The lowest BCUT2D eigenvalue weighted by molar-refractivity contribution is -0.128. The molecular weight excluding hydrogens is 376 g/mol. The van der Waals surface area contributed by atoms with Gasteiger partial charge in [-0.05, 0) is 23.3 Å². The highest BCUT2D eigenvalue weighted by atomic mass is 16.2. The molecule has 0 unspecified atom stereocenters. The minimum atomic E-state index is -0.504. The summed E-state index contributed by atoms with van der Waals surface area (Å²) >= 11 is 0. The van der Waals surface area contributed by atoms with Crippen LogP contribution in [0.5, 0.6) is 0 Å². The van der Waals surface area contributed by atoms with Crippen LogP contribution in [0.2, 0.25) is 0 Å². The molecule has 2 saturated heterocycles. The molecule has 0 radical (unpaired) electrons. The number of benzene rings is 2. The summed E-state index contributed by atoms with van der Waals surface area (Å²) in [4.78, 5) is 34.8. The fourth-order valence-electron chi connectivity index (χ4n) is 7.33. The van der Waals surface area contributed by atoms with Crippen LogP contribution in [0.1, 0.15) is 24.0 Å². The summed E-state index contributed by atoms with van der Waals surface area (Å²) in [5, 5.41) is 0. The summed E-state index contributed by atoms with van der Waals surface area (Å²) in [5.41, 5.74) is 3.68. The lowest BCUT2D eigenvalue weighted by Gasteiger charge is -2.48. The maximum Gasteiger partial charge on any atom is 0.225 e. The largest absolute Gasteiger partial charge is 0.353 e. The van der Waals surface area contributed by atoms with E-state index in [9.17, 15) is 9.59 Å². The topological polar surface area (TPSA) is 47.1 Å². The number of amides is 2. The van der Waals surface area contributed by atoms with E-state index in [4.69, 9.17) is 0 Å². The molecule has 2 fully saturated rings. The van der Waals surface area contributed by atoms with E-state index in [0.717, 1.165) is 11.4 Å². The van der Waals surface area contributed by atoms with Crippen LogP contribution in [0.15, 0.2) is 48.5 Å². The highest BCUT2D eigenvalue weighted by Crippen LogP contribution is 2.68. The smallest absolute Gasteiger partial charge is 0.225 e. The molecule has 6 heteroatoms. The van der Waals surface area contributed by atoms with Crippen molar-refractivity contribution in [3.63, 3.8) is 0 Å². The molecule has 0 aliphatic carbocycles. The predicted molar refractivity (Wildman–Crippen MR) is 115 cm³/mol. The van der Waals surface area contributed by atoms with E-state index >= 15 is 0 Å². The van der Waals surface area contributed by atoms with E-state index in [1.165, 1.54) is 11.1 Å². The number of nitrogens with zero attached hydrogens (tertiary/aromatic N) is 4. The van der Waals surface area contributed by atoms with Gasteiger partial charge in [-0.2, -0.15) is 0 Å². The lowest BCUT2D eigenvalue weighted by atomic mass is 9.55. The zero-order valence-corrected chi connectivity index (χ0v) is 17.8. The summed E-state index contributed by atoms with van der Waals surface area (Å²) in [6, 6.07) is 16.9. The Morgan fingerprint density at radius 1 is 0.633 bits per heavy atom. The first-order valence-electron chi connectivity index (χ1n) is 10.5. The number of carbonyl (C=O) groups is 2. The normalized spacial score (nSPS) is 33.9. The van der Waals surface area contributed by atoms with E-state index in [0.29, 0.717) is 12.8 Å². The van der Waals surface area contributed by atoms with Gasteiger partial charge in [-0.25, -0.2) is 0 Å². The fourth-order valence-corrected chi connectivity index (χ4v) is 7.33. The molecule has 0 N–H and O–H groups in total.